The second kappa shape index (κ2) is 5.56. The van der Waals surface area contributed by atoms with Crippen LogP contribution in [0.5, 0.6) is 0 Å². The Morgan fingerprint density at radius 2 is 1.67 bits per heavy atom. The molecule has 0 bridgehead atoms. The minimum Gasteiger partial charge on any atom is -0.372 e. The third-order valence-electron chi connectivity index (χ3n) is 1.40. The van der Waals surface area contributed by atoms with E-state index in [4.69, 9.17) is 10.5 Å². The molecular formula is C6H14N2O. The molecule has 4 N–H and O–H groups in total. The van der Waals surface area contributed by atoms with Gasteiger partial charge in [-0.25, -0.2) is 0 Å². The summed E-state index contributed by atoms with van der Waals surface area (Å²) in [6, 6.07) is 0.546. The van der Waals surface area contributed by atoms with E-state index in [1.54, 1.807) is 0 Å². The van der Waals surface area contributed by atoms with E-state index in [0.717, 1.165) is 0 Å². The minimum absolute atomic E-state index is 0.250. The van der Waals surface area contributed by atoms with Crippen molar-refractivity contribution < 1.29 is 4.79 Å². The van der Waals surface area contributed by atoms with Crippen LogP contribution in [0.3, 0.4) is 0 Å². The number of rotatable bonds is 0. The summed E-state index contributed by atoms with van der Waals surface area (Å²) in [5.41, 5.74) is 9.70. The standard InChI is InChI=1S/C5H11N.CH3NO/c6-5-3-1-2-4-5;2-1-3/h5H,1-4,6H2;1H,(H2,2,3). The normalized spacial score (nSPS) is 18.3. The van der Waals surface area contributed by atoms with E-state index in [1.165, 1.54) is 25.7 Å². The molecule has 3 heteroatoms. The van der Waals surface area contributed by atoms with Crippen LogP contribution in [-0.2, 0) is 4.79 Å². The van der Waals surface area contributed by atoms with Crippen molar-refractivity contribution in [3.63, 3.8) is 0 Å². The van der Waals surface area contributed by atoms with Gasteiger partial charge in [0.25, 0.3) is 0 Å². The van der Waals surface area contributed by atoms with E-state index >= 15 is 0 Å². The van der Waals surface area contributed by atoms with Gasteiger partial charge in [-0.1, -0.05) is 12.8 Å². The van der Waals surface area contributed by atoms with E-state index in [-0.39, 0.29) is 6.41 Å². The van der Waals surface area contributed by atoms with Gasteiger partial charge in [0.1, 0.15) is 0 Å². The van der Waals surface area contributed by atoms with Gasteiger partial charge in [-0.3, -0.25) is 4.79 Å². The van der Waals surface area contributed by atoms with Crippen molar-refractivity contribution in [2.75, 3.05) is 0 Å². The Bertz CT molecular complexity index is 69.5. The first-order valence-corrected chi connectivity index (χ1v) is 3.22. The Balaban J connectivity index is 0.000000187. The molecule has 0 aliphatic heterocycles. The fourth-order valence-electron chi connectivity index (χ4n) is 0.957. The van der Waals surface area contributed by atoms with Crippen LogP contribution >= 0.6 is 0 Å². The topological polar surface area (TPSA) is 69.1 Å². The van der Waals surface area contributed by atoms with Gasteiger partial charge in [-0.2, -0.15) is 0 Å². The highest BCUT2D eigenvalue weighted by Gasteiger charge is 2.07. The summed E-state index contributed by atoms with van der Waals surface area (Å²) in [4.78, 5) is 8.58. The molecular weight excluding hydrogens is 116 g/mol. The highest BCUT2D eigenvalue weighted by atomic mass is 16.1. The van der Waals surface area contributed by atoms with E-state index in [0.29, 0.717) is 6.04 Å². The fraction of sp³-hybridized carbons (Fsp3) is 0.833. The Kier molecular flexibility index (Phi) is 5.21. The number of amides is 1. The molecule has 0 aromatic rings. The zero-order valence-electron chi connectivity index (χ0n) is 5.55. The highest BCUT2D eigenvalue weighted by Crippen LogP contribution is 2.14. The summed E-state index contributed by atoms with van der Waals surface area (Å²) >= 11 is 0. The van der Waals surface area contributed by atoms with Crippen molar-refractivity contribution in [2.45, 2.75) is 31.7 Å². The maximum Gasteiger partial charge on any atom is 0.204 e. The molecule has 0 aromatic heterocycles. The van der Waals surface area contributed by atoms with Crippen LogP contribution in [0.15, 0.2) is 0 Å². The quantitative estimate of drug-likeness (QED) is 0.453. The second-order valence-electron chi connectivity index (χ2n) is 2.18. The van der Waals surface area contributed by atoms with Crippen molar-refractivity contribution >= 4 is 6.41 Å². The van der Waals surface area contributed by atoms with Crippen LogP contribution in [0.1, 0.15) is 25.7 Å². The zero-order valence-corrected chi connectivity index (χ0v) is 5.55. The van der Waals surface area contributed by atoms with Crippen LogP contribution < -0.4 is 11.5 Å². The van der Waals surface area contributed by atoms with Crippen LogP contribution in [-0.4, -0.2) is 12.5 Å². The van der Waals surface area contributed by atoms with Gasteiger partial charge in [0.2, 0.25) is 6.41 Å². The van der Waals surface area contributed by atoms with Gasteiger partial charge in [-0.15, -0.1) is 0 Å². The predicted octanol–water partition coefficient (Wildman–Crippen LogP) is -0.0108. The molecule has 0 saturated heterocycles. The molecule has 0 heterocycles. The lowest BCUT2D eigenvalue weighted by atomic mass is 10.3. The average molecular weight is 130 g/mol. The summed E-state index contributed by atoms with van der Waals surface area (Å²) < 4.78 is 0. The van der Waals surface area contributed by atoms with Gasteiger partial charge >= 0.3 is 0 Å². The molecule has 3 nitrogen and oxygen atoms in total. The van der Waals surface area contributed by atoms with E-state index in [1.807, 2.05) is 0 Å². The molecule has 1 amide bonds. The summed E-state index contributed by atoms with van der Waals surface area (Å²) in [5, 5.41) is 0. The van der Waals surface area contributed by atoms with Crippen molar-refractivity contribution in [3.05, 3.63) is 0 Å². The lowest BCUT2D eigenvalue weighted by Gasteiger charge is -1.92. The van der Waals surface area contributed by atoms with E-state index < -0.39 is 0 Å². The molecule has 0 atom stereocenters. The first-order valence-electron chi connectivity index (χ1n) is 3.22. The summed E-state index contributed by atoms with van der Waals surface area (Å²) in [5.74, 6) is 0. The monoisotopic (exact) mass is 130 g/mol. The molecule has 1 fully saturated rings. The van der Waals surface area contributed by atoms with Crippen molar-refractivity contribution in [1.29, 1.82) is 0 Å². The summed E-state index contributed by atoms with van der Waals surface area (Å²) in [6.45, 7) is 0. The van der Waals surface area contributed by atoms with Crippen LogP contribution in [0.2, 0.25) is 0 Å². The average Bonchev–Trinajstić information content (AvgIpc) is 2.20. The number of hydrogen-bond donors (Lipinski definition) is 2. The SMILES string of the molecule is NC1CCCC1.NC=O. The molecule has 0 radical (unpaired) electrons. The molecule has 1 rings (SSSR count). The molecule has 54 valence electrons. The number of hydrogen-bond acceptors (Lipinski definition) is 2. The van der Waals surface area contributed by atoms with Gasteiger partial charge < -0.3 is 11.5 Å². The Morgan fingerprint density at radius 3 is 1.78 bits per heavy atom. The van der Waals surface area contributed by atoms with Gasteiger partial charge in [0.05, 0.1) is 0 Å². The lowest BCUT2D eigenvalue weighted by Crippen LogP contribution is -2.13. The van der Waals surface area contributed by atoms with Crippen LogP contribution in [0.25, 0.3) is 0 Å². The first-order chi connectivity index (χ1) is 4.31. The van der Waals surface area contributed by atoms with Crippen molar-refractivity contribution in [1.82, 2.24) is 0 Å². The summed E-state index contributed by atoms with van der Waals surface area (Å²) in [6.07, 6.45) is 5.50. The third kappa shape index (κ3) is 5.30. The number of carbonyl (C=O) groups excluding carboxylic acids is 1. The second-order valence-corrected chi connectivity index (χ2v) is 2.18. The number of nitrogens with two attached hydrogens (primary N) is 2. The molecule has 9 heavy (non-hydrogen) atoms. The fourth-order valence-corrected chi connectivity index (χ4v) is 0.957. The number of carbonyl (C=O) groups is 1. The van der Waals surface area contributed by atoms with Crippen LogP contribution in [0.4, 0.5) is 0 Å². The maximum atomic E-state index is 8.58. The lowest BCUT2D eigenvalue weighted by molar-refractivity contribution is -0.106. The molecule has 0 unspecified atom stereocenters. The largest absolute Gasteiger partial charge is 0.372 e. The van der Waals surface area contributed by atoms with E-state index in [9.17, 15) is 0 Å². The Hall–Kier alpha value is -0.570. The predicted molar refractivity (Wildman–Crippen MR) is 36.7 cm³/mol. The minimum atomic E-state index is 0.250. The van der Waals surface area contributed by atoms with Gasteiger partial charge in [0.15, 0.2) is 0 Å². The third-order valence-corrected chi connectivity index (χ3v) is 1.40. The van der Waals surface area contributed by atoms with Crippen molar-refractivity contribution in [2.24, 2.45) is 11.5 Å². The first kappa shape index (κ1) is 8.43. The zero-order chi connectivity index (χ0) is 7.11. The molecule has 0 aromatic carbocycles. The highest BCUT2D eigenvalue weighted by molar-refractivity contribution is 5.42. The van der Waals surface area contributed by atoms with Gasteiger partial charge in [0, 0.05) is 6.04 Å². The van der Waals surface area contributed by atoms with Crippen LogP contribution in [0, 0.1) is 0 Å². The smallest absolute Gasteiger partial charge is 0.204 e. The van der Waals surface area contributed by atoms with Crippen molar-refractivity contribution in [3.8, 4) is 0 Å². The molecule has 1 aliphatic carbocycles. The Labute approximate surface area is 55.4 Å². The maximum absolute atomic E-state index is 8.58. The molecule has 1 aliphatic rings. The number of primary amides is 1. The molecule has 1 saturated carbocycles. The summed E-state index contributed by atoms with van der Waals surface area (Å²) in [7, 11) is 0. The Morgan fingerprint density at radius 1 is 1.33 bits per heavy atom. The molecule has 0 spiro atoms. The van der Waals surface area contributed by atoms with Gasteiger partial charge in [-0.05, 0) is 12.8 Å². The van der Waals surface area contributed by atoms with E-state index in [2.05, 4.69) is 5.73 Å².